The van der Waals surface area contributed by atoms with Gasteiger partial charge in [0.2, 0.25) is 5.96 Å². The smallest absolute Gasteiger partial charge is 0.296 e. The summed E-state index contributed by atoms with van der Waals surface area (Å²) in [5, 5.41) is 6.52. The van der Waals surface area contributed by atoms with Crippen LogP contribution in [0, 0.1) is 0 Å². The van der Waals surface area contributed by atoms with Gasteiger partial charge in [-0.05, 0) is 30.2 Å². The highest BCUT2D eigenvalue weighted by atomic mass is 79.9. The number of benzene rings is 1. The maximum absolute atomic E-state index is 12.3. The van der Waals surface area contributed by atoms with E-state index in [1.807, 2.05) is 18.2 Å². The molecule has 4 rings (SSSR count). The Bertz CT molecular complexity index is 941. The summed E-state index contributed by atoms with van der Waals surface area (Å²) >= 11 is 3.45. The van der Waals surface area contributed by atoms with Gasteiger partial charge < -0.3 is 21.4 Å². The Balaban J connectivity index is 2.05. The Hall–Kier alpha value is -2.61. The van der Waals surface area contributed by atoms with Crippen LogP contribution in [-0.4, -0.2) is 29.3 Å². The number of rotatable bonds is 0. The molecular weight excluding hydrogens is 362 g/mol. The van der Waals surface area contributed by atoms with E-state index in [0.717, 1.165) is 26.5 Å². The van der Waals surface area contributed by atoms with Crippen LogP contribution < -0.4 is 16.4 Å². The number of hydrogen-bond donors (Lipinski definition) is 4. The first-order chi connectivity index (χ1) is 11.0. The molecule has 0 saturated carbocycles. The minimum Gasteiger partial charge on any atom is -0.369 e. The van der Waals surface area contributed by atoms with Crippen molar-refractivity contribution < 1.29 is 9.59 Å². The van der Waals surface area contributed by atoms with Gasteiger partial charge in [0, 0.05) is 27.5 Å². The number of carbonyl (C=O) groups is 2. The van der Waals surface area contributed by atoms with E-state index in [1.54, 1.807) is 0 Å². The van der Waals surface area contributed by atoms with Crippen molar-refractivity contribution in [1.82, 2.24) is 15.6 Å². The van der Waals surface area contributed by atoms with Gasteiger partial charge in [-0.15, -0.1) is 0 Å². The van der Waals surface area contributed by atoms with Gasteiger partial charge >= 0.3 is 0 Å². The molecule has 0 atom stereocenters. The Morgan fingerprint density at radius 3 is 2.83 bits per heavy atom. The van der Waals surface area contributed by atoms with Gasteiger partial charge in [0.1, 0.15) is 11.4 Å². The second-order valence-corrected chi connectivity index (χ2v) is 6.27. The van der Waals surface area contributed by atoms with Crippen molar-refractivity contribution in [2.75, 3.05) is 6.54 Å². The first kappa shape index (κ1) is 14.0. The largest absolute Gasteiger partial charge is 0.369 e. The maximum atomic E-state index is 12.3. The molecule has 0 bridgehead atoms. The van der Waals surface area contributed by atoms with Gasteiger partial charge in [-0.3, -0.25) is 9.59 Å². The number of nitrogens with two attached hydrogens (primary N) is 1. The molecule has 2 aliphatic heterocycles. The molecule has 1 aromatic carbocycles. The Labute approximate surface area is 139 Å². The summed E-state index contributed by atoms with van der Waals surface area (Å²) in [4.78, 5) is 31.3. The van der Waals surface area contributed by atoms with Crippen LogP contribution >= 0.6 is 15.9 Å². The lowest BCUT2D eigenvalue weighted by Gasteiger charge is -2.09. The van der Waals surface area contributed by atoms with Crippen LogP contribution in [0.4, 0.5) is 0 Å². The summed E-state index contributed by atoms with van der Waals surface area (Å²) in [5.74, 6) is -0.534. The van der Waals surface area contributed by atoms with Crippen LogP contribution in [-0.2, 0) is 4.79 Å². The Kier molecular flexibility index (Phi) is 3.02. The number of aromatic nitrogens is 1. The first-order valence-corrected chi connectivity index (χ1v) is 7.82. The van der Waals surface area contributed by atoms with Crippen molar-refractivity contribution in [2.24, 2.45) is 10.7 Å². The number of aromatic amines is 1. The molecule has 1 aromatic heterocycles. The molecule has 0 radical (unpaired) electrons. The Morgan fingerprint density at radius 2 is 2.09 bits per heavy atom. The average Bonchev–Trinajstić information content (AvgIpc) is 2.98. The molecule has 2 aromatic rings. The molecule has 7 nitrogen and oxygen atoms in total. The highest BCUT2D eigenvalue weighted by Crippen LogP contribution is 2.35. The van der Waals surface area contributed by atoms with E-state index in [-0.39, 0.29) is 11.9 Å². The first-order valence-electron chi connectivity index (χ1n) is 7.03. The van der Waals surface area contributed by atoms with Crippen LogP contribution in [0.3, 0.4) is 0 Å². The van der Waals surface area contributed by atoms with Gasteiger partial charge in [-0.25, -0.2) is 0 Å². The number of guanidine groups is 1. The molecule has 0 fully saturated rings. The third-order valence-electron chi connectivity index (χ3n) is 3.94. The molecule has 23 heavy (non-hydrogen) atoms. The number of aliphatic imine (C=N–C) groups is 1. The summed E-state index contributed by atoms with van der Waals surface area (Å²) in [7, 11) is 0. The van der Waals surface area contributed by atoms with E-state index in [2.05, 4.69) is 36.5 Å². The van der Waals surface area contributed by atoms with Gasteiger partial charge in [0.05, 0.1) is 0 Å². The molecule has 3 heterocycles. The SMILES string of the molecule is NC1=NC(=O)/C(=C2\CCNC(=O)c3[nH]c4ccc(Br)cc4c32)N1. The highest BCUT2D eigenvalue weighted by Gasteiger charge is 2.30. The predicted octanol–water partition coefficient (Wildman–Crippen LogP) is 1.22. The summed E-state index contributed by atoms with van der Waals surface area (Å²) in [6, 6.07) is 5.70. The van der Waals surface area contributed by atoms with Crippen LogP contribution in [0.2, 0.25) is 0 Å². The van der Waals surface area contributed by atoms with Crippen LogP contribution in [0.15, 0.2) is 33.4 Å². The fourth-order valence-electron chi connectivity index (χ4n) is 2.99. The quantitative estimate of drug-likeness (QED) is 0.520. The molecule has 116 valence electrons. The molecular formula is C15H12BrN5O2. The third-order valence-corrected chi connectivity index (χ3v) is 4.43. The predicted molar refractivity (Wildman–Crippen MR) is 89.6 cm³/mol. The molecule has 0 unspecified atom stereocenters. The molecule has 5 N–H and O–H groups in total. The number of H-pyrrole nitrogens is 1. The van der Waals surface area contributed by atoms with Crippen molar-refractivity contribution in [3.05, 3.63) is 39.6 Å². The number of hydrogen-bond acceptors (Lipinski definition) is 4. The molecule has 0 spiro atoms. The molecule has 2 aliphatic rings. The van der Waals surface area contributed by atoms with Crippen LogP contribution in [0.25, 0.3) is 16.5 Å². The van der Waals surface area contributed by atoms with Crippen LogP contribution in [0.1, 0.15) is 22.5 Å². The van der Waals surface area contributed by atoms with E-state index in [4.69, 9.17) is 5.73 Å². The zero-order valence-corrected chi connectivity index (χ0v) is 13.5. The van der Waals surface area contributed by atoms with E-state index >= 15 is 0 Å². The van der Waals surface area contributed by atoms with E-state index in [0.29, 0.717) is 24.4 Å². The number of amides is 2. The summed E-state index contributed by atoms with van der Waals surface area (Å²) in [6.45, 7) is 0.435. The monoisotopic (exact) mass is 373 g/mol. The third kappa shape index (κ3) is 2.14. The molecule has 0 aliphatic carbocycles. The van der Waals surface area contributed by atoms with Crippen molar-refractivity contribution >= 4 is 50.2 Å². The molecule has 8 heteroatoms. The summed E-state index contributed by atoms with van der Waals surface area (Å²) in [6.07, 6.45) is 0.509. The van der Waals surface area contributed by atoms with Crippen molar-refractivity contribution in [1.29, 1.82) is 0 Å². The zero-order chi connectivity index (χ0) is 16.1. The molecule has 2 amide bonds. The second kappa shape index (κ2) is 4.95. The average molecular weight is 374 g/mol. The van der Waals surface area contributed by atoms with Crippen molar-refractivity contribution in [3.8, 4) is 0 Å². The lowest BCUT2D eigenvalue weighted by molar-refractivity contribution is -0.114. The lowest BCUT2D eigenvalue weighted by atomic mass is 9.97. The summed E-state index contributed by atoms with van der Waals surface area (Å²) in [5.41, 5.74) is 8.66. The van der Waals surface area contributed by atoms with Gasteiger partial charge in [-0.1, -0.05) is 15.9 Å². The number of nitrogens with zero attached hydrogens (tertiary/aromatic N) is 1. The standard InChI is InChI=1S/C15H12BrN5O2/c16-6-1-2-9-8(5-6)10-7(11-14(23)21-15(17)20-11)3-4-18-13(22)12(10)19-9/h1-2,5,19H,3-4H2,(H,18,22)(H3,17,20,21,23)/b11-7-. The number of carbonyl (C=O) groups excluding carboxylic acids is 2. The van der Waals surface area contributed by atoms with Gasteiger partial charge in [0.25, 0.3) is 11.8 Å². The number of nitrogens with one attached hydrogen (secondary N) is 3. The Morgan fingerprint density at radius 1 is 1.26 bits per heavy atom. The van der Waals surface area contributed by atoms with Crippen molar-refractivity contribution in [3.63, 3.8) is 0 Å². The number of fused-ring (bicyclic) bond motifs is 3. The number of halogens is 1. The summed E-state index contributed by atoms with van der Waals surface area (Å²) < 4.78 is 0.891. The lowest BCUT2D eigenvalue weighted by Crippen LogP contribution is -2.26. The maximum Gasteiger partial charge on any atom is 0.296 e. The highest BCUT2D eigenvalue weighted by molar-refractivity contribution is 9.10. The van der Waals surface area contributed by atoms with E-state index in [1.165, 1.54) is 0 Å². The van der Waals surface area contributed by atoms with Crippen LogP contribution in [0.5, 0.6) is 0 Å². The topological polar surface area (TPSA) is 112 Å². The van der Waals surface area contributed by atoms with Crippen molar-refractivity contribution in [2.45, 2.75) is 6.42 Å². The normalized spacial score (nSPS) is 20.8. The van der Waals surface area contributed by atoms with Gasteiger partial charge in [-0.2, -0.15) is 4.99 Å². The second-order valence-electron chi connectivity index (χ2n) is 5.35. The minimum absolute atomic E-state index is 0.0728. The molecule has 0 saturated heterocycles. The van der Waals surface area contributed by atoms with E-state index in [9.17, 15) is 9.59 Å². The fourth-order valence-corrected chi connectivity index (χ4v) is 3.35. The minimum atomic E-state index is -0.415. The van der Waals surface area contributed by atoms with E-state index < -0.39 is 5.91 Å². The van der Waals surface area contributed by atoms with Gasteiger partial charge in [0.15, 0.2) is 0 Å². The fraction of sp³-hybridized carbons (Fsp3) is 0.133. The zero-order valence-electron chi connectivity index (χ0n) is 11.9.